The highest BCUT2D eigenvalue weighted by atomic mass is 15.0. The van der Waals surface area contributed by atoms with E-state index in [1.807, 2.05) is 0 Å². The van der Waals surface area contributed by atoms with Crippen LogP contribution in [0.4, 0.5) is 0 Å². The van der Waals surface area contributed by atoms with E-state index >= 15 is 0 Å². The molecule has 0 spiro atoms. The first-order valence-corrected chi connectivity index (χ1v) is 11.1. The Morgan fingerprint density at radius 2 is 0.875 bits per heavy atom. The number of rotatable bonds is 19. The van der Waals surface area contributed by atoms with Crippen molar-refractivity contribution < 1.29 is 0 Å². The molecule has 0 fully saturated rings. The van der Waals surface area contributed by atoms with Crippen LogP contribution >= 0.6 is 0 Å². The van der Waals surface area contributed by atoms with Crippen LogP contribution < -0.4 is 0 Å². The number of hydrogen-bond donors (Lipinski definition) is 0. The molecule has 0 aromatic heterocycles. The average molecular weight is 338 g/mol. The maximum Gasteiger partial charge on any atom is -0.00248 e. The fourth-order valence-corrected chi connectivity index (χ4v) is 3.21. The molecule has 24 heavy (non-hydrogen) atoms. The maximum atomic E-state index is 2.43. The molecule has 0 rings (SSSR count). The Kier molecular flexibility index (Phi) is 20.5. The summed E-state index contributed by atoms with van der Waals surface area (Å²) in [6.45, 7) is 3.54. The molecule has 0 saturated heterocycles. The van der Waals surface area contributed by atoms with E-state index in [0.29, 0.717) is 0 Å². The van der Waals surface area contributed by atoms with Crippen LogP contribution in [-0.2, 0) is 0 Å². The minimum atomic E-state index is 1.26. The van der Waals surface area contributed by atoms with Crippen molar-refractivity contribution in [2.45, 2.75) is 116 Å². The Morgan fingerprint density at radius 1 is 0.500 bits per heavy atom. The van der Waals surface area contributed by atoms with Gasteiger partial charge in [-0.05, 0) is 52.7 Å². The van der Waals surface area contributed by atoms with Crippen molar-refractivity contribution in [2.24, 2.45) is 0 Å². The smallest absolute Gasteiger partial charge is 0.00248 e. The Labute approximate surface area is 154 Å². The zero-order chi connectivity index (χ0) is 17.7. The fourth-order valence-electron chi connectivity index (χ4n) is 3.21. The summed E-state index contributed by atoms with van der Waals surface area (Å²) in [6.07, 6.45) is 28.8. The van der Waals surface area contributed by atoms with Gasteiger partial charge in [-0.15, -0.1) is 0 Å². The number of nitrogens with zero attached hydrogens (tertiary/aromatic N) is 1. The van der Waals surface area contributed by atoms with Crippen LogP contribution in [0.2, 0.25) is 0 Å². The third-order valence-corrected chi connectivity index (χ3v) is 4.87. The van der Waals surface area contributed by atoms with Gasteiger partial charge in [-0.2, -0.15) is 0 Å². The molecule has 0 aromatic carbocycles. The summed E-state index contributed by atoms with van der Waals surface area (Å²) in [5.41, 5.74) is 0. The molecule has 0 unspecified atom stereocenters. The first-order valence-electron chi connectivity index (χ1n) is 11.1. The molecule has 144 valence electrons. The van der Waals surface area contributed by atoms with Gasteiger partial charge in [-0.3, -0.25) is 0 Å². The monoisotopic (exact) mass is 337 g/mol. The molecule has 0 N–H and O–H groups in total. The van der Waals surface area contributed by atoms with Crippen LogP contribution in [0.5, 0.6) is 0 Å². The number of allylic oxidation sites excluding steroid dienone is 2. The van der Waals surface area contributed by atoms with Gasteiger partial charge in [0.05, 0.1) is 0 Å². The first-order chi connectivity index (χ1) is 11.8. The predicted molar refractivity (Wildman–Crippen MR) is 112 cm³/mol. The van der Waals surface area contributed by atoms with E-state index in [1.54, 1.807) is 0 Å². The molecule has 0 aliphatic heterocycles. The lowest BCUT2D eigenvalue weighted by molar-refractivity contribution is 0.389. The zero-order valence-corrected chi connectivity index (χ0v) is 17.3. The minimum absolute atomic E-state index is 1.26. The van der Waals surface area contributed by atoms with Crippen molar-refractivity contribution in [3.63, 3.8) is 0 Å². The van der Waals surface area contributed by atoms with Gasteiger partial charge in [-0.1, -0.05) is 96.1 Å². The molecule has 0 radical (unpaired) electrons. The second kappa shape index (κ2) is 20.7. The van der Waals surface area contributed by atoms with Gasteiger partial charge in [0.25, 0.3) is 0 Å². The number of hydrogen-bond acceptors (Lipinski definition) is 1. The van der Waals surface area contributed by atoms with E-state index in [9.17, 15) is 0 Å². The van der Waals surface area contributed by atoms with Crippen LogP contribution in [0.15, 0.2) is 12.2 Å². The van der Waals surface area contributed by atoms with Crippen molar-refractivity contribution in [3.8, 4) is 0 Å². The molecule has 0 atom stereocenters. The lowest BCUT2D eigenvalue weighted by atomic mass is 10.1. The van der Waals surface area contributed by atoms with Crippen LogP contribution in [0.25, 0.3) is 0 Å². The standard InChI is InChI=1S/C23H47N/c1-4-5-6-7-8-9-10-11-12-13-14-15-16-17-18-19-20-21-22-23-24(2)3/h11-12H,4-10,13-23H2,1-3H3/b12-11-. The molecule has 0 saturated carbocycles. The Morgan fingerprint density at radius 3 is 1.29 bits per heavy atom. The predicted octanol–water partition coefficient (Wildman–Crippen LogP) is 7.76. The molecule has 1 nitrogen and oxygen atoms in total. The molecule has 0 amide bonds. The summed E-state index contributed by atoms with van der Waals surface area (Å²) in [6, 6.07) is 0. The van der Waals surface area contributed by atoms with Crippen molar-refractivity contribution >= 4 is 0 Å². The summed E-state index contributed by atoms with van der Waals surface area (Å²) in [4.78, 5) is 2.29. The molecule has 0 aromatic rings. The van der Waals surface area contributed by atoms with Crippen molar-refractivity contribution in [1.82, 2.24) is 4.90 Å². The quantitative estimate of drug-likeness (QED) is 0.172. The third-order valence-electron chi connectivity index (χ3n) is 4.87. The van der Waals surface area contributed by atoms with Crippen molar-refractivity contribution in [1.29, 1.82) is 0 Å². The van der Waals surface area contributed by atoms with Crippen molar-refractivity contribution in [3.05, 3.63) is 12.2 Å². The highest BCUT2D eigenvalue weighted by Gasteiger charge is 1.94. The Bertz CT molecular complexity index is 244. The Hall–Kier alpha value is -0.300. The lowest BCUT2D eigenvalue weighted by Crippen LogP contribution is -2.12. The number of unbranched alkanes of at least 4 members (excludes halogenated alkanes) is 15. The van der Waals surface area contributed by atoms with Gasteiger partial charge in [0.1, 0.15) is 0 Å². The van der Waals surface area contributed by atoms with Crippen LogP contribution in [0.3, 0.4) is 0 Å². The lowest BCUT2D eigenvalue weighted by Gasteiger charge is -2.08. The molecule has 0 bridgehead atoms. The highest BCUT2D eigenvalue weighted by Crippen LogP contribution is 2.11. The average Bonchev–Trinajstić information content (AvgIpc) is 2.56. The third kappa shape index (κ3) is 21.7. The van der Waals surface area contributed by atoms with E-state index in [4.69, 9.17) is 0 Å². The Balaban J connectivity index is 3.05. The van der Waals surface area contributed by atoms with E-state index in [2.05, 4.69) is 38.1 Å². The first kappa shape index (κ1) is 23.7. The summed E-state index contributed by atoms with van der Waals surface area (Å²) in [7, 11) is 4.34. The van der Waals surface area contributed by atoms with E-state index in [1.165, 1.54) is 116 Å². The van der Waals surface area contributed by atoms with Gasteiger partial charge in [0.2, 0.25) is 0 Å². The fraction of sp³-hybridized carbons (Fsp3) is 0.913. The SMILES string of the molecule is CCCCCCCC/C=C\CCCCCCCCCCCN(C)C. The van der Waals surface area contributed by atoms with Gasteiger partial charge < -0.3 is 4.90 Å². The van der Waals surface area contributed by atoms with Crippen LogP contribution in [-0.4, -0.2) is 25.5 Å². The van der Waals surface area contributed by atoms with E-state index in [-0.39, 0.29) is 0 Å². The minimum Gasteiger partial charge on any atom is -0.309 e. The maximum absolute atomic E-state index is 2.43. The molecule has 0 heterocycles. The topological polar surface area (TPSA) is 3.24 Å². The van der Waals surface area contributed by atoms with Crippen LogP contribution in [0.1, 0.15) is 116 Å². The normalized spacial score (nSPS) is 11.8. The van der Waals surface area contributed by atoms with E-state index in [0.717, 1.165) is 0 Å². The van der Waals surface area contributed by atoms with Gasteiger partial charge >= 0.3 is 0 Å². The van der Waals surface area contributed by atoms with Crippen molar-refractivity contribution in [2.75, 3.05) is 20.6 Å². The summed E-state index contributed by atoms with van der Waals surface area (Å²) < 4.78 is 0. The van der Waals surface area contributed by atoms with Gasteiger partial charge in [0.15, 0.2) is 0 Å². The molecular formula is C23H47N. The van der Waals surface area contributed by atoms with Gasteiger partial charge in [0, 0.05) is 0 Å². The highest BCUT2D eigenvalue weighted by molar-refractivity contribution is 4.81. The molecule has 0 aliphatic carbocycles. The van der Waals surface area contributed by atoms with Crippen LogP contribution in [0, 0.1) is 0 Å². The summed E-state index contributed by atoms with van der Waals surface area (Å²) >= 11 is 0. The summed E-state index contributed by atoms with van der Waals surface area (Å²) in [5, 5.41) is 0. The largest absolute Gasteiger partial charge is 0.309 e. The van der Waals surface area contributed by atoms with E-state index < -0.39 is 0 Å². The second-order valence-electron chi connectivity index (χ2n) is 7.80. The molecule has 1 heteroatoms. The second-order valence-corrected chi connectivity index (χ2v) is 7.80. The van der Waals surface area contributed by atoms with Gasteiger partial charge in [-0.25, -0.2) is 0 Å². The summed E-state index contributed by atoms with van der Waals surface area (Å²) in [5.74, 6) is 0. The zero-order valence-electron chi connectivity index (χ0n) is 17.3. The molecule has 0 aliphatic rings. The molecular weight excluding hydrogens is 290 g/mol.